The third-order valence-corrected chi connectivity index (χ3v) is 4.65. The van der Waals surface area contributed by atoms with Gasteiger partial charge < -0.3 is 15.2 Å². The van der Waals surface area contributed by atoms with Gasteiger partial charge in [0.05, 0.1) is 18.2 Å². The van der Waals surface area contributed by atoms with Crippen LogP contribution in [0.25, 0.3) is 0 Å². The molecule has 6 nitrogen and oxygen atoms in total. The van der Waals surface area contributed by atoms with Gasteiger partial charge in [-0.1, -0.05) is 17.7 Å². The summed E-state index contributed by atoms with van der Waals surface area (Å²) in [6.45, 7) is 2.01. The van der Waals surface area contributed by atoms with Gasteiger partial charge in [0.15, 0.2) is 0 Å². The van der Waals surface area contributed by atoms with Gasteiger partial charge in [-0.15, -0.1) is 0 Å². The predicted molar refractivity (Wildman–Crippen MR) is 81.8 cm³/mol. The van der Waals surface area contributed by atoms with Crippen molar-refractivity contribution < 1.29 is 17.9 Å². The van der Waals surface area contributed by atoms with Crippen molar-refractivity contribution in [3.8, 4) is 0 Å². The first-order chi connectivity index (χ1) is 10.0. The molecule has 0 amide bonds. The van der Waals surface area contributed by atoms with Crippen molar-refractivity contribution in [2.75, 3.05) is 33.5 Å². The lowest BCUT2D eigenvalue weighted by atomic mass is 10.2. The second kappa shape index (κ2) is 9.34. The average molecular weight is 337 g/mol. The number of methoxy groups -OCH3 is 1. The molecule has 0 heterocycles. The Morgan fingerprint density at radius 1 is 1.29 bits per heavy atom. The van der Waals surface area contributed by atoms with E-state index < -0.39 is 10.0 Å². The summed E-state index contributed by atoms with van der Waals surface area (Å²) in [7, 11) is -2.04. The van der Waals surface area contributed by atoms with Crippen LogP contribution in [-0.4, -0.2) is 41.9 Å². The van der Waals surface area contributed by atoms with Crippen LogP contribution in [0.1, 0.15) is 12.0 Å². The van der Waals surface area contributed by atoms with E-state index >= 15 is 0 Å². The number of nitrogens with one attached hydrogen (secondary N) is 1. The van der Waals surface area contributed by atoms with E-state index in [0.29, 0.717) is 31.8 Å². The molecule has 0 aliphatic rings. The molecule has 1 rings (SSSR count). The van der Waals surface area contributed by atoms with Crippen LogP contribution in [0.3, 0.4) is 0 Å². The second-order valence-corrected chi connectivity index (χ2v) is 6.47. The van der Waals surface area contributed by atoms with Gasteiger partial charge in [-0.05, 0) is 24.1 Å². The Kier molecular flexibility index (Phi) is 8.16. The van der Waals surface area contributed by atoms with Gasteiger partial charge in [-0.2, -0.15) is 0 Å². The van der Waals surface area contributed by atoms with Crippen LogP contribution in [0.15, 0.2) is 23.1 Å². The van der Waals surface area contributed by atoms with E-state index in [1.54, 1.807) is 13.2 Å². The predicted octanol–water partition coefficient (Wildman–Crippen LogP) is 1.13. The summed E-state index contributed by atoms with van der Waals surface area (Å²) in [6.07, 6.45) is 0.567. The van der Waals surface area contributed by atoms with E-state index in [4.69, 9.17) is 26.8 Å². The highest BCUT2D eigenvalue weighted by molar-refractivity contribution is 7.89. The van der Waals surface area contributed by atoms with Crippen molar-refractivity contribution in [1.29, 1.82) is 0 Å². The van der Waals surface area contributed by atoms with E-state index in [-0.39, 0.29) is 23.0 Å². The van der Waals surface area contributed by atoms with Crippen molar-refractivity contribution in [1.82, 2.24) is 4.72 Å². The summed E-state index contributed by atoms with van der Waals surface area (Å²) in [5, 5.41) is 0.177. The molecule has 0 unspecified atom stereocenters. The number of hydrogen-bond acceptors (Lipinski definition) is 5. The summed E-state index contributed by atoms with van der Waals surface area (Å²) >= 11 is 5.94. The van der Waals surface area contributed by atoms with Crippen molar-refractivity contribution in [3.05, 3.63) is 28.8 Å². The molecule has 0 aliphatic carbocycles. The number of hydrogen-bond donors (Lipinski definition) is 2. The fraction of sp³-hybridized carbons (Fsp3) is 0.538. The minimum atomic E-state index is -3.64. The third-order valence-electron chi connectivity index (χ3n) is 2.71. The van der Waals surface area contributed by atoms with Crippen LogP contribution in [-0.2, 0) is 26.0 Å². The molecule has 0 fully saturated rings. The van der Waals surface area contributed by atoms with Gasteiger partial charge in [0.2, 0.25) is 10.0 Å². The number of rotatable bonds is 10. The summed E-state index contributed by atoms with van der Waals surface area (Å²) in [5.41, 5.74) is 6.22. The van der Waals surface area contributed by atoms with Crippen LogP contribution < -0.4 is 10.5 Å². The van der Waals surface area contributed by atoms with Gasteiger partial charge in [-0.3, -0.25) is 0 Å². The Bertz CT molecular complexity index is 537. The van der Waals surface area contributed by atoms with Crippen LogP contribution in [0.5, 0.6) is 0 Å². The molecular weight excluding hydrogens is 316 g/mol. The van der Waals surface area contributed by atoms with Gasteiger partial charge in [0.1, 0.15) is 4.90 Å². The first-order valence-corrected chi connectivity index (χ1v) is 8.42. The standard InChI is InChI=1S/C13H21ClN2O4S/c1-19-7-8-20-6-2-5-16-21(17,18)13-9-11(10-15)3-4-12(13)14/h3-4,9,16H,2,5-8,10,15H2,1H3. The molecule has 0 bridgehead atoms. The Morgan fingerprint density at radius 2 is 2.05 bits per heavy atom. The zero-order valence-corrected chi connectivity index (χ0v) is 13.5. The lowest BCUT2D eigenvalue weighted by Crippen LogP contribution is -2.26. The molecule has 8 heteroatoms. The fourth-order valence-corrected chi connectivity index (χ4v) is 3.21. The van der Waals surface area contributed by atoms with E-state index in [1.165, 1.54) is 12.1 Å². The van der Waals surface area contributed by atoms with E-state index in [2.05, 4.69) is 4.72 Å². The Balaban J connectivity index is 2.50. The van der Waals surface area contributed by atoms with Crippen molar-refractivity contribution >= 4 is 21.6 Å². The molecule has 0 radical (unpaired) electrons. The number of ether oxygens (including phenoxy) is 2. The van der Waals surface area contributed by atoms with E-state index in [0.717, 1.165) is 0 Å². The Hall–Kier alpha value is -0.700. The van der Waals surface area contributed by atoms with E-state index in [1.807, 2.05) is 0 Å². The largest absolute Gasteiger partial charge is 0.382 e. The summed E-state index contributed by atoms with van der Waals surface area (Å²) in [5.74, 6) is 0. The van der Waals surface area contributed by atoms with Gasteiger partial charge >= 0.3 is 0 Å². The first-order valence-electron chi connectivity index (χ1n) is 6.56. The number of halogens is 1. The Labute approximate surface area is 130 Å². The SMILES string of the molecule is COCCOCCCNS(=O)(=O)c1cc(CN)ccc1Cl. The molecular formula is C13H21ClN2O4S. The minimum absolute atomic E-state index is 0.0485. The van der Waals surface area contributed by atoms with Crippen molar-refractivity contribution in [2.24, 2.45) is 5.73 Å². The molecule has 0 aromatic heterocycles. The highest BCUT2D eigenvalue weighted by atomic mass is 35.5. The topological polar surface area (TPSA) is 90.6 Å². The van der Waals surface area contributed by atoms with Crippen molar-refractivity contribution in [2.45, 2.75) is 17.9 Å². The molecule has 0 aliphatic heterocycles. The molecule has 0 spiro atoms. The number of benzene rings is 1. The summed E-state index contributed by atoms with van der Waals surface area (Å²) in [4.78, 5) is 0.0485. The number of sulfonamides is 1. The average Bonchev–Trinajstić information content (AvgIpc) is 2.46. The maximum Gasteiger partial charge on any atom is 0.242 e. The summed E-state index contributed by atoms with van der Waals surface area (Å²) in [6, 6.07) is 4.72. The van der Waals surface area contributed by atoms with Crippen LogP contribution in [0, 0.1) is 0 Å². The highest BCUT2D eigenvalue weighted by Gasteiger charge is 2.17. The first kappa shape index (κ1) is 18.3. The maximum atomic E-state index is 12.2. The van der Waals surface area contributed by atoms with Crippen molar-refractivity contribution in [3.63, 3.8) is 0 Å². The second-order valence-electron chi connectivity index (χ2n) is 4.33. The number of nitrogens with two attached hydrogens (primary N) is 1. The quantitative estimate of drug-likeness (QED) is 0.625. The molecule has 0 atom stereocenters. The molecule has 21 heavy (non-hydrogen) atoms. The van der Waals surface area contributed by atoms with E-state index in [9.17, 15) is 8.42 Å². The lowest BCUT2D eigenvalue weighted by molar-refractivity contribution is 0.0699. The molecule has 0 saturated heterocycles. The van der Waals surface area contributed by atoms with Gasteiger partial charge in [-0.25, -0.2) is 13.1 Å². The normalized spacial score (nSPS) is 11.8. The minimum Gasteiger partial charge on any atom is -0.382 e. The molecule has 1 aromatic rings. The van der Waals surface area contributed by atoms with Gasteiger partial charge in [0, 0.05) is 26.8 Å². The lowest BCUT2D eigenvalue weighted by Gasteiger charge is -2.10. The van der Waals surface area contributed by atoms with Crippen LogP contribution >= 0.6 is 11.6 Å². The van der Waals surface area contributed by atoms with Gasteiger partial charge in [0.25, 0.3) is 0 Å². The zero-order chi connectivity index (χ0) is 15.7. The van der Waals surface area contributed by atoms with Crippen LogP contribution in [0.4, 0.5) is 0 Å². The molecule has 3 N–H and O–H groups in total. The molecule has 1 aromatic carbocycles. The van der Waals surface area contributed by atoms with Crippen LogP contribution in [0.2, 0.25) is 5.02 Å². The summed E-state index contributed by atoms with van der Waals surface area (Å²) < 4.78 is 36.9. The smallest absolute Gasteiger partial charge is 0.242 e. The maximum absolute atomic E-state index is 12.2. The fourth-order valence-electron chi connectivity index (χ4n) is 1.58. The third kappa shape index (κ3) is 6.29. The highest BCUT2D eigenvalue weighted by Crippen LogP contribution is 2.22. The zero-order valence-electron chi connectivity index (χ0n) is 12.0. The Morgan fingerprint density at radius 3 is 2.71 bits per heavy atom. The molecule has 0 saturated carbocycles. The molecule has 120 valence electrons. The monoisotopic (exact) mass is 336 g/mol.